The van der Waals surface area contributed by atoms with E-state index in [0.717, 1.165) is 31.8 Å². The number of nitrogens with one attached hydrogen (secondary N) is 1. The Morgan fingerprint density at radius 1 is 1.15 bits per heavy atom. The molecule has 0 aliphatic carbocycles. The number of piperidine rings is 1. The monoisotopic (exact) mass is 383 g/mol. The second kappa shape index (κ2) is 8.18. The number of ether oxygens (including phenoxy) is 1. The van der Waals surface area contributed by atoms with Gasteiger partial charge >= 0.3 is 6.18 Å². The van der Waals surface area contributed by atoms with Crippen molar-refractivity contribution in [2.45, 2.75) is 25.4 Å². The average Bonchev–Trinajstić information content (AvgIpc) is 2.62. The Morgan fingerprint density at radius 2 is 1.92 bits per heavy atom. The SMILES string of the molecule is FC(F)(F)c1cccc(-c2cc(OCCN3CCCCC3)nc(=S)[nH]2)c1. The fourth-order valence-corrected chi connectivity index (χ4v) is 3.19. The summed E-state index contributed by atoms with van der Waals surface area (Å²) in [6, 6.07) is 6.66. The molecule has 1 N–H and O–H groups in total. The lowest BCUT2D eigenvalue weighted by atomic mass is 10.1. The van der Waals surface area contributed by atoms with Crippen LogP contribution in [0.15, 0.2) is 30.3 Å². The number of hydrogen-bond acceptors (Lipinski definition) is 4. The number of nitrogens with zero attached hydrogens (tertiary/aromatic N) is 2. The highest BCUT2D eigenvalue weighted by molar-refractivity contribution is 7.71. The summed E-state index contributed by atoms with van der Waals surface area (Å²) in [6.07, 6.45) is -0.718. The van der Waals surface area contributed by atoms with Crippen LogP contribution in [0.4, 0.5) is 13.2 Å². The highest BCUT2D eigenvalue weighted by Gasteiger charge is 2.30. The van der Waals surface area contributed by atoms with Gasteiger partial charge in [-0.05, 0) is 55.8 Å². The third-order valence-corrected chi connectivity index (χ3v) is 4.52. The lowest BCUT2D eigenvalue weighted by molar-refractivity contribution is -0.137. The first-order valence-electron chi connectivity index (χ1n) is 8.56. The second-order valence-electron chi connectivity index (χ2n) is 6.27. The second-order valence-corrected chi connectivity index (χ2v) is 6.65. The normalized spacial score (nSPS) is 15.8. The summed E-state index contributed by atoms with van der Waals surface area (Å²) in [5, 5.41) is 0. The zero-order valence-electron chi connectivity index (χ0n) is 14.2. The molecule has 8 heteroatoms. The van der Waals surface area contributed by atoms with Gasteiger partial charge in [-0.3, -0.25) is 4.90 Å². The molecule has 3 rings (SSSR count). The topological polar surface area (TPSA) is 41.1 Å². The van der Waals surface area contributed by atoms with Crippen LogP contribution in [0.25, 0.3) is 11.3 Å². The van der Waals surface area contributed by atoms with Crippen LogP contribution in [0, 0.1) is 4.77 Å². The Balaban J connectivity index is 1.72. The van der Waals surface area contributed by atoms with Crippen LogP contribution in [0.5, 0.6) is 5.88 Å². The predicted molar refractivity (Wildman–Crippen MR) is 95.6 cm³/mol. The number of aromatic nitrogens is 2. The fourth-order valence-electron chi connectivity index (χ4n) is 2.99. The standard InChI is InChI=1S/C18H20F3N3OS/c19-18(20,21)14-6-4-5-13(11-14)15-12-16(23-17(26)22-15)25-10-9-24-7-2-1-3-8-24/h4-6,11-12H,1-3,7-10H2,(H,22,23,26). The number of alkyl halides is 3. The molecule has 2 heterocycles. The third kappa shape index (κ3) is 5.04. The van der Waals surface area contributed by atoms with Crippen molar-refractivity contribution in [1.29, 1.82) is 0 Å². The molecule has 2 aromatic rings. The Labute approximate surface area is 155 Å². The summed E-state index contributed by atoms with van der Waals surface area (Å²) in [5.41, 5.74) is 0.122. The minimum Gasteiger partial charge on any atom is -0.476 e. The molecule has 0 amide bonds. The van der Waals surface area contributed by atoms with Gasteiger partial charge in [-0.15, -0.1) is 0 Å². The number of aromatic amines is 1. The molecular formula is C18H20F3N3OS. The van der Waals surface area contributed by atoms with Gasteiger partial charge in [0.2, 0.25) is 10.7 Å². The zero-order chi connectivity index (χ0) is 18.6. The van der Waals surface area contributed by atoms with Gasteiger partial charge in [0, 0.05) is 12.6 Å². The number of H-pyrrole nitrogens is 1. The number of benzene rings is 1. The molecule has 0 atom stereocenters. The van der Waals surface area contributed by atoms with Crippen molar-refractivity contribution in [3.63, 3.8) is 0 Å². The Kier molecular flexibility index (Phi) is 5.93. The van der Waals surface area contributed by atoms with Gasteiger partial charge in [-0.2, -0.15) is 18.2 Å². The van der Waals surface area contributed by atoms with E-state index >= 15 is 0 Å². The van der Waals surface area contributed by atoms with E-state index in [0.29, 0.717) is 23.7 Å². The van der Waals surface area contributed by atoms with Gasteiger partial charge in [0.25, 0.3) is 0 Å². The van der Waals surface area contributed by atoms with Gasteiger partial charge in [-0.25, -0.2) is 0 Å². The first-order chi connectivity index (χ1) is 12.4. The maximum atomic E-state index is 12.9. The molecule has 0 spiro atoms. The van der Waals surface area contributed by atoms with E-state index in [9.17, 15) is 13.2 Å². The van der Waals surface area contributed by atoms with E-state index in [4.69, 9.17) is 17.0 Å². The van der Waals surface area contributed by atoms with Gasteiger partial charge in [0.05, 0.1) is 11.3 Å². The van der Waals surface area contributed by atoms with Crippen molar-refractivity contribution in [2.75, 3.05) is 26.2 Å². The Hall–Kier alpha value is -1.93. The van der Waals surface area contributed by atoms with E-state index in [2.05, 4.69) is 14.9 Å². The molecular weight excluding hydrogens is 363 g/mol. The summed E-state index contributed by atoms with van der Waals surface area (Å²) < 4.78 is 44.6. The summed E-state index contributed by atoms with van der Waals surface area (Å²) in [4.78, 5) is 9.27. The summed E-state index contributed by atoms with van der Waals surface area (Å²) in [5.74, 6) is 0.318. The van der Waals surface area contributed by atoms with E-state index in [1.54, 1.807) is 12.1 Å². The lowest BCUT2D eigenvalue weighted by Gasteiger charge is -2.26. The Bertz CT molecular complexity index is 801. The lowest BCUT2D eigenvalue weighted by Crippen LogP contribution is -2.33. The fraction of sp³-hybridized carbons (Fsp3) is 0.444. The molecule has 1 aromatic heterocycles. The smallest absolute Gasteiger partial charge is 0.416 e. The van der Waals surface area contributed by atoms with Crippen molar-refractivity contribution in [2.24, 2.45) is 0 Å². The molecule has 140 valence electrons. The van der Waals surface area contributed by atoms with E-state index in [1.165, 1.54) is 25.3 Å². The molecule has 1 saturated heterocycles. The maximum absolute atomic E-state index is 12.9. The number of likely N-dealkylation sites (tertiary alicyclic amines) is 1. The minimum atomic E-state index is -4.40. The summed E-state index contributed by atoms with van der Waals surface area (Å²) >= 11 is 5.09. The van der Waals surface area contributed by atoms with Crippen LogP contribution in [0.2, 0.25) is 0 Å². The highest BCUT2D eigenvalue weighted by atomic mass is 32.1. The van der Waals surface area contributed by atoms with Crippen LogP contribution in [0.3, 0.4) is 0 Å². The molecule has 1 fully saturated rings. The molecule has 26 heavy (non-hydrogen) atoms. The van der Waals surface area contributed by atoms with Crippen molar-refractivity contribution in [1.82, 2.24) is 14.9 Å². The molecule has 0 saturated carbocycles. The van der Waals surface area contributed by atoms with E-state index in [1.807, 2.05) is 0 Å². The number of rotatable bonds is 5. The number of halogens is 3. The highest BCUT2D eigenvalue weighted by Crippen LogP contribution is 2.32. The third-order valence-electron chi connectivity index (χ3n) is 4.33. The van der Waals surface area contributed by atoms with Crippen LogP contribution in [-0.4, -0.2) is 41.1 Å². The van der Waals surface area contributed by atoms with Gasteiger partial charge in [0.15, 0.2) is 0 Å². The molecule has 1 aliphatic heterocycles. The van der Waals surface area contributed by atoms with Gasteiger partial charge in [0.1, 0.15) is 6.61 Å². The van der Waals surface area contributed by atoms with Crippen LogP contribution < -0.4 is 4.74 Å². The molecule has 4 nitrogen and oxygen atoms in total. The first kappa shape index (κ1) is 18.8. The van der Waals surface area contributed by atoms with E-state index in [-0.39, 0.29) is 4.77 Å². The summed E-state index contributed by atoms with van der Waals surface area (Å²) in [6.45, 7) is 3.40. The quantitative estimate of drug-likeness (QED) is 0.761. The minimum absolute atomic E-state index is 0.174. The maximum Gasteiger partial charge on any atom is 0.416 e. The summed E-state index contributed by atoms with van der Waals surface area (Å²) in [7, 11) is 0. The predicted octanol–water partition coefficient (Wildman–Crippen LogP) is 4.69. The molecule has 1 aliphatic rings. The van der Waals surface area contributed by atoms with Crippen molar-refractivity contribution in [3.8, 4) is 17.1 Å². The molecule has 1 aromatic carbocycles. The Morgan fingerprint density at radius 3 is 2.65 bits per heavy atom. The van der Waals surface area contributed by atoms with Gasteiger partial charge < -0.3 is 9.72 Å². The van der Waals surface area contributed by atoms with E-state index < -0.39 is 11.7 Å². The zero-order valence-corrected chi connectivity index (χ0v) is 15.0. The average molecular weight is 383 g/mol. The van der Waals surface area contributed by atoms with Crippen LogP contribution in [0.1, 0.15) is 24.8 Å². The first-order valence-corrected chi connectivity index (χ1v) is 8.97. The largest absolute Gasteiger partial charge is 0.476 e. The van der Waals surface area contributed by atoms with Crippen molar-refractivity contribution in [3.05, 3.63) is 40.7 Å². The van der Waals surface area contributed by atoms with Crippen LogP contribution in [-0.2, 0) is 6.18 Å². The van der Waals surface area contributed by atoms with Gasteiger partial charge in [-0.1, -0.05) is 18.6 Å². The molecule has 0 bridgehead atoms. The van der Waals surface area contributed by atoms with Crippen LogP contribution >= 0.6 is 12.2 Å². The van der Waals surface area contributed by atoms with Crippen molar-refractivity contribution < 1.29 is 17.9 Å². The molecule has 0 radical (unpaired) electrons. The van der Waals surface area contributed by atoms with Crippen molar-refractivity contribution >= 4 is 12.2 Å². The molecule has 0 unspecified atom stereocenters. The number of hydrogen-bond donors (Lipinski definition) is 1.